The van der Waals surface area contributed by atoms with Crippen LogP contribution in [0.1, 0.15) is 22.7 Å². The lowest BCUT2D eigenvalue weighted by Gasteiger charge is -2.38. The van der Waals surface area contributed by atoms with Crippen LogP contribution in [0.5, 0.6) is 0 Å². The molecule has 3 aromatic rings. The molecule has 0 saturated carbocycles. The second-order valence-corrected chi connectivity index (χ2v) is 8.35. The van der Waals surface area contributed by atoms with E-state index >= 15 is 0 Å². The maximum absolute atomic E-state index is 13.7. The number of aromatic amines is 1. The average Bonchev–Trinajstić information content (AvgIpc) is 3.24. The second kappa shape index (κ2) is 7.85. The summed E-state index contributed by atoms with van der Waals surface area (Å²) in [7, 11) is 0. The van der Waals surface area contributed by atoms with Crippen molar-refractivity contribution in [1.82, 2.24) is 30.3 Å². The molecular weight excluding hydrogens is 432 g/mol. The molecule has 0 aliphatic carbocycles. The van der Waals surface area contributed by atoms with Crippen LogP contribution in [0.15, 0.2) is 41.1 Å². The number of hydrogen-bond donors (Lipinski definition) is 2. The molecule has 2 N–H and O–H groups in total. The van der Waals surface area contributed by atoms with Gasteiger partial charge in [-0.05, 0) is 33.5 Å². The summed E-state index contributed by atoms with van der Waals surface area (Å²) in [6.07, 6.45) is 2.64. The molecule has 7 nitrogen and oxygen atoms in total. The number of benzene rings is 1. The zero-order valence-electron chi connectivity index (χ0n) is 16.1. The van der Waals surface area contributed by atoms with Crippen LogP contribution >= 0.6 is 15.9 Å². The number of H-pyrrole nitrogens is 1. The molecule has 1 saturated heterocycles. The van der Waals surface area contributed by atoms with Gasteiger partial charge in [0.25, 0.3) is 0 Å². The van der Waals surface area contributed by atoms with Crippen LogP contribution in [0.2, 0.25) is 0 Å². The van der Waals surface area contributed by atoms with E-state index in [9.17, 15) is 4.79 Å². The summed E-state index contributed by atoms with van der Waals surface area (Å²) in [5, 5.41) is 11.5. The quantitative estimate of drug-likeness (QED) is 0.593. The van der Waals surface area contributed by atoms with Crippen molar-refractivity contribution in [3.63, 3.8) is 0 Å². The van der Waals surface area contributed by atoms with Gasteiger partial charge in [-0.3, -0.25) is 14.8 Å². The molecule has 0 radical (unpaired) electrons. The molecule has 1 fully saturated rings. The predicted molar refractivity (Wildman–Crippen MR) is 114 cm³/mol. The summed E-state index contributed by atoms with van der Waals surface area (Å²) in [6, 6.07) is 9.91. The summed E-state index contributed by atoms with van der Waals surface area (Å²) < 4.78 is 0.792. The van der Waals surface area contributed by atoms with Gasteiger partial charge in [-0.1, -0.05) is 30.3 Å². The van der Waals surface area contributed by atoms with Crippen LogP contribution in [0.3, 0.4) is 0 Å². The predicted octanol–water partition coefficient (Wildman–Crippen LogP) is 2.25. The Bertz CT molecular complexity index is 1030. The van der Waals surface area contributed by atoms with Gasteiger partial charge >= 0.3 is 0 Å². The topological polar surface area (TPSA) is 77.2 Å². The molecule has 5 rings (SSSR count). The van der Waals surface area contributed by atoms with Crippen LogP contribution in [-0.4, -0.2) is 63.6 Å². The number of nitrogens with one attached hydrogen (secondary N) is 2. The van der Waals surface area contributed by atoms with Crippen LogP contribution in [-0.2, 0) is 17.8 Å². The van der Waals surface area contributed by atoms with Gasteiger partial charge in [-0.2, -0.15) is 5.10 Å². The van der Waals surface area contributed by atoms with E-state index in [4.69, 9.17) is 0 Å². The molecule has 1 amide bonds. The lowest BCUT2D eigenvalue weighted by Crippen LogP contribution is -2.51. The molecule has 8 heteroatoms. The van der Waals surface area contributed by atoms with Gasteiger partial charge in [-0.15, -0.1) is 0 Å². The summed E-state index contributed by atoms with van der Waals surface area (Å²) >= 11 is 3.61. The molecule has 150 valence electrons. The van der Waals surface area contributed by atoms with Crippen molar-refractivity contribution < 1.29 is 4.79 Å². The van der Waals surface area contributed by atoms with Gasteiger partial charge in [0.2, 0.25) is 5.91 Å². The van der Waals surface area contributed by atoms with Crippen LogP contribution in [0, 0.1) is 0 Å². The smallest absolute Gasteiger partial charge is 0.244 e. The largest absolute Gasteiger partial charge is 0.336 e. The number of nitrogens with zero attached hydrogens (tertiary/aromatic N) is 4. The Kier molecular flexibility index (Phi) is 5.07. The third kappa shape index (κ3) is 3.45. The number of carbonyl (C=O) groups is 1. The monoisotopic (exact) mass is 454 g/mol. The van der Waals surface area contributed by atoms with E-state index in [1.807, 2.05) is 29.3 Å². The molecule has 4 heterocycles. The first-order valence-corrected chi connectivity index (χ1v) is 10.8. The Balaban J connectivity index is 1.47. The third-order valence-corrected chi connectivity index (χ3v) is 6.58. The van der Waals surface area contributed by atoms with E-state index in [2.05, 4.69) is 53.5 Å². The molecule has 1 atom stereocenters. The zero-order chi connectivity index (χ0) is 19.8. The van der Waals surface area contributed by atoms with Crippen LogP contribution in [0.25, 0.3) is 11.0 Å². The van der Waals surface area contributed by atoms with E-state index in [0.717, 1.165) is 59.4 Å². The Labute approximate surface area is 177 Å². The van der Waals surface area contributed by atoms with Crippen molar-refractivity contribution >= 4 is 32.9 Å². The molecule has 29 heavy (non-hydrogen) atoms. The number of fused-ring (bicyclic) bond motifs is 3. The van der Waals surface area contributed by atoms with E-state index in [1.54, 1.807) is 0 Å². The van der Waals surface area contributed by atoms with Crippen molar-refractivity contribution in [2.75, 3.05) is 32.7 Å². The number of aromatic nitrogens is 3. The molecule has 2 aliphatic rings. The minimum atomic E-state index is -0.246. The van der Waals surface area contributed by atoms with Gasteiger partial charge in [-0.25, -0.2) is 4.98 Å². The van der Waals surface area contributed by atoms with Crippen molar-refractivity contribution in [1.29, 1.82) is 0 Å². The van der Waals surface area contributed by atoms with E-state index in [1.165, 1.54) is 5.56 Å². The van der Waals surface area contributed by atoms with Crippen molar-refractivity contribution in [2.24, 2.45) is 0 Å². The standard InChI is InChI=1S/C21H23BrN6O/c22-19-17-13-28(9-6-15(17)16-12-24-26-20(16)25-19)21(29)18(14-4-2-1-3-5-14)27-10-7-23-8-11-27/h1-5,12,18,23H,6-11,13H2,(H,24,25,26). The molecule has 2 aliphatic heterocycles. The number of piperazine rings is 1. The second-order valence-electron chi connectivity index (χ2n) is 7.60. The fraction of sp³-hybridized carbons (Fsp3) is 0.381. The summed E-state index contributed by atoms with van der Waals surface area (Å²) in [6.45, 7) is 4.84. The van der Waals surface area contributed by atoms with Gasteiger partial charge in [0.15, 0.2) is 5.65 Å². The van der Waals surface area contributed by atoms with Crippen LogP contribution < -0.4 is 5.32 Å². The number of carbonyl (C=O) groups excluding carboxylic acids is 1. The normalized spacial score (nSPS) is 18.6. The lowest BCUT2D eigenvalue weighted by atomic mass is 9.97. The summed E-state index contributed by atoms with van der Waals surface area (Å²) in [5.74, 6) is 0.169. The maximum atomic E-state index is 13.7. The Morgan fingerprint density at radius 2 is 1.90 bits per heavy atom. The van der Waals surface area contributed by atoms with E-state index < -0.39 is 0 Å². The minimum absolute atomic E-state index is 0.169. The average molecular weight is 455 g/mol. The van der Waals surface area contributed by atoms with E-state index in [-0.39, 0.29) is 11.9 Å². The van der Waals surface area contributed by atoms with Gasteiger partial charge in [0.1, 0.15) is 10.6 Å². The highest BCUT2D eigenvalue weighted by molar-refractivity contribution is 9.10. The van der Waals surface area contributed by atoms with Crippen molar-refractivity contribution in [3.05, 3.63) is 57.8 Å². The fourth-order valence-corrected chi connectivity index (χ4v) is 4.99. The molecule has 1 aromatic carbocycles. The Morgan fingerprint density at radius 3 is 2.69 bits per heavy atom. The Morgan fingerprint density at radius 1 is 1.10 bits per heavy atom. The third-order valence-electron chi connectivity index (χ3n) is 5.93. The maximum Gasteiger partial charge on any atom is 0.244 e. The first kappa shape index (κ1) is 18.7. The number of pyridine rings is 1. The van der Waals surface area contributed by atoms with Gasteiger partial charge in [0, 0.05) is 50.2 Å². The molecule has 0 spiro atoms. The number of amides is 1. The minimum Gasteiger partial charge on any atom is -0.336 e. The fourth-order valence-electron chi connectivity index (χ4n) is 4.45. The highest BCUT2D eigenvalue weighted by Crippen LogP contribution is 2.33. The summed E-state index contributed by atoms with van der Waals surface area (Å²) in [5.41, 5.74) is 4.18. The van der Waals surface area contributed by atoms with Gasteiger partial charge in [0.05, 0.1) is 6.20 Å². The lowest BCUT2D eigenvalue weighted by molar-refractivity contribution is -0.138. The van der Waals surface area contributed by atoms with Crippen LogP contribution in [0.4, 0.5) is 0 Å². The number of rotatable bonds is 3. The summed E-state index contributed by atoms with van der Waals surface area (Å²) in [4.78, 5) is 22.6. The SMILES string of the molecule is O=C(C(c1ccccc1)N1CCNCC1)N1CCc2c(c(Br)nc3[nH]ncc23)C1. The first-order valence-electron chi connectivity index (χ1n) is 10.0. The number of hydrogen-bond acceptors (Lipinski definition) is 5. The molecule has 0 bridgehead atoms. The highest BCUT2D eigenvalue weighted by atomic mass is 79.9. The molecular formula is C21H23BrN6O. The Hall–Kier alpha value is -2.29. The zero-order valence-corrected chi connectivity index (χ0v) is 17.7. The number of halogens is 1. The molecule has 2 aromatic heterocycles. The highest BCUT2D eigenvalue weighted by Gasteiger charge is 2.34. The molecule has 1 unspecified atom stereocenters. The van der Waals surface area contributed by atoms with E-state index in [0.29, 0.717) is 13.1 Å². The van der Waals surface area contributed by atoms with Gasteiger partial charge < -0.3 is 10.2 Å². The first-order chi connectivity index (χ1) is 14.2. The van der Waals surface area contributed by atoms with Crippen molar-refractivity contribution in [3.8, 4) is 0 Å². The van der Waals surface area contributed by atoms with Crippen molar-refractivity contribution in [2.45, 2.75) is 19.0 Å².